The van der Waals surface area contributed by atoms with Crippen molar-refractivity contribution in [3.05, 3.63) is 17.2 Å². The van der Waals surface area contributed by atoms with Crippen LogP contribution in [0.4, 0.5) is 11.9 Å². The van der Waals surface area contributed by atoms with Gasteiger partial charge in [0, 0.05) is 33.4 Å². The highest BCUT2D eigenvalue weighted by molar-refractivity contribution is 7.98. The molecule has 23 heavy (non-hydrogen) atoms. The lowest BCUT2D eigenvalue weighted by Gasteiger charge is -2.12. The molecule has 0 unspecified atom stereocenters. The summed E-state index contributed by atoms with van der Waals surface area (Å²) >= 11 is 1.58. The van der Waals surface area contributed by atoms with Crippen LogP contribution < -0.4 is 10.6 Å². The SMILES string of the molecule is COCCn1c(SCc2nc(N)nc(N(C)C)n2)nc(C)c1C. The molecule has 2 aromatic rings. The minimum atomic E-state index is 0.231. The Balaban J connectivity index is 2.16. The number of hydrogen-bond donors (Lipinski definition) is 1. The number of ether oxygens (including phenoxy) is 1. The van der Waals surface area contributed by atoms with Gasteiger partial charge in [0.05, 0.1) is 18.1 Å². The molecule has 0 aliphatic heterocycles. The van der Waals surface area contributed by atoms with Gasteiger partial charge in [-0.3, -0.25) is 0 Å². The Labute approximate surface area is 140 Å². The van der Waals surface area contributed by atoms with Crippen molar-refractivity contribution >= 4 is 23.7 Å². The highest BCUT2D eigenvalue weighted by atomic mass is 32.2. The zero-order valence-electron chi connectivity index (χ0n) is 14.2. The van der Waals surface area contributed by atoms with Crippen molar-refractivity contribution in [3.8, 4) is 0 Å². The molecule has 126 valence electrons. The Morgan fingerprint density at radius 3 is 2.57 bits per heavy atom. The second-order valence-electron chi connectivity index (χ2n) is 5.30. The summed E-state index contributed by atoms with van der Waals surface area (Å²) in [5, 5.41) is 0.933. The van der Waals surface area contributed by atoms with Gasteiger partial charge >= 0.3 is 0 Å². The second-order valence-corrected chi connectivity index (χ2v) is 6.25. The van der Waals surface area contributed by atoms with E-state index in [0.717, 1.165) is 23.1 Å². The third-order valence-electron chi connectivity index (χ3n) is 3.36. The van der Waals surface area contributed by atoms with Crippen molar-refractivity contribution in [1.82, 2.24) is 24.5 Å². The van der Waals surface area contributed by atoms with Crippen LogP contribution in [0.1, 0.15) is 17.2 Å². The lowest BCUT2D eigenvalue weighted by atomic mass is 10.4. The lowest BCUT2D eigenvalue weighted by Crippen LogP contribution is -2.16. The van der Waals surface area contributed by atoms with Gasteiger partial charge in [0.1, 0.15) is 5.82 Å². The van der Waals surface area contributed by atoms with Gasteiger partial charge in [-0.1, -0.05) is 11.8 Å². The minimum Gasteiger partial charge on any atom is -0.383 e. The Morgan fingerprint density at radius 2 is 1.91 bits per heavy atom. The maximum atomic E-state index is 5.75. The smallest absolute Gasteiger partial charge is 0.229 e. The maximum Gasteiger partial charge on any atom is 0.229 e. The van der Waals surface area contributed by atoms with Gasteiger partial charge in [-0.2, -0.15) is 15.0 Å². The number of aryl methyl sites for hydroxylation is 1. The second kappa shape index (κ2) is 7.60. The Bertz CT molecular complexity index is 671. The molecule has 0 atom stereocenters. The van der Waals surface area contributed by atoms with Crippen molar-refractivity contribution in [2.75, 3.05) is 38.4 Å². The van der Waals surface area contributed by atoms with Crippen LogP contribution in [0.15, 0.2) is 5.16 Å². The number of rotatable bonds is 7. The third-order valence-corrected chi connectivity index (χ3v) is 4.33. The van der Waals surface area contributed by atoms with E-state index < -0.39 is 0 Å². The van der Waals surface area contributed by atoms with E-state index in [1.807, 2.05) is 21.0 Å². The van der Waals surface area contributed by atoms with E-state index in [1.165, 1.54) is 0 Å². The van der Waals surface area contributed by atoms with Gasteiger partial charge in [-0.05, 0) is 13.8 Å². The first-order valence-corrected chi connectivity index (χ1v) is 8.24. The van der Waals surface area contributed by atoms with Crippen LogP contribution in [-0.4, -0.2) is 52.3 Å². The lowest BCUT2D eigenvalue weighted by molar-refractivity contribution is 0.184. The van der Waals surface area contributed by atoms with E-state index >= 15 is 0 Å². The van der Waals surface area contributed by atoms with Gasteiger partial charge in [-0.15, -0.1) is 0 Å². The standard InChI is InChI=1S/C14H23N7OS/c1-9-10(2)21(6-7-22-5)14(16-9)23-8-11-17-12(15)19-13(18-11)20(3)4/h6-8H2,1-5H3,(H2,15,17,18,19). The molecule has 0 aromatic carbocycles. The van der Waals surface area contributed by atoms with Crippen LogP contribution in [-0.2, 0) is 17.0 Å². The number of nitrogens with zero attached hydrogens (tertiary/aromatic N) is 6. The number of methoxy groups -OCH3 is 1. The topological polar surface area (TPSA) is 95.0 Å². The fraction of sp³-hybridized carbons (Fsp3) is 0.571. The summed E-state index contributed by atoms with van der Waals surface area (Å²) in [6.45, 7) is 5.49. The summed E-state index contributed by atoms with van der Waals surface area (Å²) in [5.74, 6) is 2.01. The summed E-state index contributed by atoms with van der Waals surface area (Å²) in [4.78, 5) is 19.1. The van der Waals surface area contributed by atoms with Gasteiger partial charge in [-0.25, -0.2) is 4.98 Å². The van der Waals surface area contributed by atoms with E-state index in [4.69, 9.17) is 10.5 Å². The maximum absolute atomic E-state index is 5.75. The molecule has 8 nitrogen and oxygen atoms in total. The Hall–Kier alpha value is -1.87. The number of nitrogens with two attached hydrogens (primary N) is 1. The molecule has 0 aliphatic carbocycles. The van der Waals surface area contributed by atoms with Gasteiger partial charge < -0.3 is 19.9 Å². The normalized spacial score (nSPS) is 11.0. The molecule has 2 aromatic heterocycles. The fourth-order valence-corrected chi connectivity index (χ4v) is 2.97. The van der Waals surface area contributed by atoms with Gasteiger partial charge in [0.15, 0.2) is 5.16 Å². The van der Waals surface area contributed by atoms with Crippen LogP contribution in [0.3, 0.4) is 0 Å². The van der Waals surface area contributed by atoms with E-state index in [0.29, 0.717) is 24.1 Å². The number of imidazole rings is 1. The van der Waals surface area contributed by atoms with Crippen LogP contribution in [0.25, 0.3) is 0 Å². The van der Waals surface area contributed by atoms with Gasteiger partial charge in [0.25, 0.3) is 0 Å². The number of anilines is 2. The molecule has 0 saturated heterocycles. The van der Waals surface area contributed by atoms with E-state index in [2.05, 4.69) is 31.4 Å². The molecular weight excluding hydrogens is 314 g/mol. The molecule has 0 radical (unpaired) electrons. The first kappa shape index (κ1) is 17.5. The van der Waals surface area contributed by atoms with E-state index in [9.17, 15) is 0 Å². The fourth-order valence-electron chi connectivity index (χ4n) is 2.00. The molecular formula is C14H23N7OS. The van der Waals surface area contributed by atoms with Crippen molar-refractivity contribution < 1.29 is 4.74 Å². The van der Waals surface area contributed by atoms with Crippen LogP contribution in [0.5, 0.6) is 0 Å². The number of aromatic nitrogens is 5. The molecule has 0 aliphatic rings. The van der Waals surface area contributed by atoms with Crippen LogP contribution in [0, 0.1) is 13.8 Å². The van der Waals surface area contributed by atoms with Crippen molar-refractivity contribution in [2.45, 2.75) is 31.3 Å². The Kier molecular flexibility index (Phi) is 5.78. The largest absolute Gasteiger partial charge is 0.383 e. The zero-order valence-corrected chi connectivity index (χ0v) is 15.0. The molecule has 2 N–H and O–H groups in total. The van der Waals surface area contributed by atoms with Crippen molar-refractivity contribution in [2.24, 2.45) is 0 Å². The summed E-state index contributed by atoms with van der Waals surface area (Å²) in [5.41, 5.74) is 7.92. The summed E-state index contributed by atoms with van der Waals surface area (Å²) in [6, 6.07) is 0. The molecule has 0 amide bonds. The van der Waals surface area contributed by atoms with E-state index in [1.54, 1.807) is 23.8 Å². The summed E-state index contributed by atoms with van der Waals surface area (Å²) in [7, 11) is 5.44. The van der Waals surface area contributed by atoms with Crippen LogP contribution >= 0.6 is 11.8 Å². The molecule has 0 bridgehead atoms. The average Bonchev–Trinajstić information content (AvgIpc) is 2.77. The van der Waals surface area contributed by atoms with Crippen molar-refractivity contribution in [1.29, 1.82) is 0 Å². The third kappa shape index (κ3) is 4.32. The predicted molar refractivity (Wildman–Crippen MR) is 91.7 cm³/mol. The Morgan fingerprint density at radius 1 is 1.17 bits per heavy atom. The number of thioether (sulfide) groups is 1. The van der Waals surface area contributed by atoms with Crippen molar-refractivity contribution in [3.63, 3.8) is 0 Å². The molecule has 0 fully saturated rings. The predicted octanol–water partition coefficient (Wildman–Crippen LogP) is 1.27. The first-order chi connectivity index (χ1) is 10.9. The quantitative estimate of drug-likeness (QED) is 0.755. The van der Waals surface area contributed by atoms with E-state index in [-0.39, 0.29) is 5.95 Å². The van der Waals surface area contributed by atoms with Gasteiger partial charge in [0.2, 0.25) is 11.9 Å². The molecule has 0 spiro atoms. The molecule has 9 heteroatoms. The molecule has 2 rings (SSSR count). The monoisotopic (exact) mass is 337 g/mol. The average molecular weight is 337 g/mol. The number of nitrogen functional groups attached to an aromatic ring is 1. The minimum absolute atomic E-state index is 0.231. The first-order valence-electron chi connectivity index (χ1n) is 7.25. The highest BCUT2D eigenvalue weighted by Gasteiger charge is 2.13. The highest BCUT2D eigenvalue weighted by Crippen LogP contribution is 2.24. The van der Waals surface area contributed by atoms with Crippen LogP contribution in [0.2, 0.25) is 0 Å². The molecule has 2 heterocycles. The summed E-state index contributed by atoms with van der Waals surface area (Å²) in [6.07, 6.45) is 0. The number of hydrogen-bond acceptors (Lipinski definition) is 8. The molecule has 0 saturated carbocycles. The zero-order chi connectivity index (χ0) is 17.0. The summed E-state index contributed by atoms with van der Waals surface area (Å²) < 4.78 is 7.33.